The van der Waals surface area contributed by atoms with Crippen molar-refractivity contribution >= 4 is 10.0 Å². The highest BCUT2D eigenvalue weighted by molar-refractivity contribution is 7.89. The molecule has 0 unspecified atom stereocenters. The summed E-state index contributed by atoms with van der Waals surface area (Å²) in [4.78, 5) is -0.0230. The first-order chi connectivity index (χ1) is 11.5. The Hall–Kier alpha value is -2.56. The Morgan fingerprint density at radius 3 is 2.50 bits per heavy atom. The van der Waals surface area contributed by atoms with E-state index >= 15 is 0 Å². The van der Waals surface area contributed by atoms with Crippen LogP contribution < -0.4 is 14.2 Å². The number of nitrogens with one attached hydrogen (secondary N) is 1. The zero-order valence-corrected chi connectivity index (χ0v) is 14.3. The van der Waals surface area contributed by atoms with E-state index in [0.29, 0.717) is 17.9 Å². The van der Waals surface area contributed by atoms with Crippen LogP contribution in [-0.4, -0.2) is 29.2 Å². The Balaban J connectivity index is 2.13. The van der Waals surface area contributed by atoms with Crippen LogP contribution in [0, 0.1) is 11.3 Å². The normalized spacial score (nSPS) is 10.9. The average Bonchev–Trinajstić information content (AvgIpc) is 2.61. The molecule has 6 nitrogen and oxygen atoms in total. The minimum Gasteiger partial charge on any atom is -0.493 e. The quantitative estimate of drug-likeness (QED) is 0.829. The number of ether oxygens (including phenoxy) is 2. The smallest absolute Gasteiger partial charge is 0.241 e. The van der Waals surface area contributed by atoms with E-state index in [1.54, 1.807) is 25.3 Å². The molecule has 2 rings (SSSR count). The number of nitrogens with zero attached hydrogens (tertiary/aromatic N) is 1. The molecule has 0 fully saturated rings. The summed E-state index contributed by atoms with van der Waals surface area (Å²) in [6, 6.07) is 13.4. The van der Waals surface area contributed by atoms with Crippen molar-refractivity contribution in [2.75, 3.05) is 20.8 Å². The van der Waals surface area contributed by atoms with Gasteiger partial charge in [-0.25, -0.2) is 13.1 Å². The second-order valence-corrected chi connectivity index (χ2v) is 6.64. The number of nitriles is 1. The van der Waals surface area contributed by atoms with Gasteiger partial charge in [0.25, 0.3) is 0 Å². The zero-order chi connectivity index (χ0) is 17.6. The van der Waals surface area contributed by atoms with Crippen LogP contribution in [0.25, 0.3) is 0 Å². The summed E-state index contributed by atoms with van der Waals surface area (Å²) < 4.78 is 37.8. The first-order valence-corrected chi connectivity index (χ1v) is 8.70. The van der Waals surface area contributed by atoms with Gasteiger partial charge in [-0.1, -0.05) is 24.3 Å². The molecule has 0 atom stereocenters. The van der Waals surface area contributed by atoms with Crippen LogP contribution in [-0.2, 0) is 16.4 Å². The van der Waals surface area contributed by atoms with Crippen molar-refractivity contribution in [2.24, 2.45) is 0 Å². The summed E-state index contributed by atoms with van der Waals surface area (Å²) in [5, 5.41) is 9.04. The van der Waals surface area contributed by atoms with Crippen molar-refractivity contribution in [3.05, 3.63) is 53.6 Å². The lowest BCUT2D eigenvalue weighted by Gasteiger charge is -2.13. The number of methoxy groups -OCH3 is 2. The van der Waals surface area contributed by atoms with Crippen LogP contribution >= 0.6 is 0 Å². The van der Waals surface area contributed by atoms with Crippen LogP contribution in [0.5, 0.6) is 11.5 Å². The molecule has 0 aliphatic carbocycles. The molecular formula is C17H18N2O4S. The van der Waals surface area contributed by atoms with E-state index < -0.39 is 10.0 Å². The fraction of sp³-hybridized carbons (Fsp3) is 0.235. The Morgan fingerprint density at radius 2 is 1.83 bits per heavy atom. The third kappa shape index (κ3) is 3.85. The molecule has 0 saturated carbocycles. The van der Waals surface area contributed by atoms with Crippen LogP contribution in [0.15, 0.2) is 47.4 Å². The molecule has 1 N–H and O–H groups in total. The SMILES string of the molecule is COc1cccc(CCNS(=O)(=O)c2ccccc2C#N)c1OC. The van der Waals surface area contributed by atoms with Gasteiger partial charge in [-0.2, -0.15) is 5.26 Å². The molecule has 126 valence electrons. The number of sulfonamides is 1. The van der Waals surface area contributed by atoms with Gasteiger partial charge in [0.15, 0.2) is 11.5 Å². The largest absolute Gasteiger partial charge is 0.493 e. The maximum atomic E-state index is 12.4. The highest BCUT2D eigenvalue weighted by Crippen LogP contribution is 2.30. The summed E-state index contributed by atoms with van der Waals surface area (Å²) in [5.41, 5.74) is 0.942. The number of hydrogen-bond acceptors (Lipinski definition) is 5. The van der Waals surface area contributed by atoms with Gasteiger partial charge in [-0.05, 0) is 30.2 Å². The lowest BCUT2D eigenvalue weighted by molar-refractivity contribution is 0.351. The van der Waals surface area contributed by atoms with Gasteiger partial charge < -0.3 is 9.47 Å². The van der Waals surface area contributed by atoms with E-state index in [2.05, 4.69) is 4.72 Å². The standard InChI is InChI=1S/C17H18N2O4S/c1-22-15-8-5-7-13(17(15)23-2)10-11-19-24(20,21)16-9-4-3-6-14(16)12-18/h3-9,19H,10-11H2,1-2H3. The minimum absolute atomic E-state index is 0.0230. The molecule has 0 aliphatic rings. The van der Waals surface area contributed by atoms with Crippen molar-refractivity contribution in [1.29, 1.82) is 5.26 Å². The maximum Gasteiger partial charge on any atom is 0.241 e. The summed E-state index contributed by atoms with van der Waals surface area (Å²) in [7, 11) is -0.672. The minimum atomic E-state index is -3.75. The van der Waals surface area contributed by atoms with Gasteiger partial charge in [-0.15, -0.1) is 0 Å². The Bertz CT molecular complexity index is 857. The monoisotopic (exact) mass is 346 g/mol. The topological polar surface area (TPSA) is 88.4 Å². The van der Waals surface area contributed by atoms with Gasteiger partial charge in [0.05, 0.1) is 24.7 Å². The van der Waals surface area contributed by atoms with Gasteiger partial charge >= 0.3 is 0 Å². The third-order valence-electron chi connectivity index (χ3n) is 3.47. The number of rotatable bonds is 7. The number of hydrogen-bond donors (Lipinski definition) is 1. The molecule has 0 spiro atoms. The Morgan fingerprint density at radius 1 is 1.08 bits per heavy atom. The van der Waals surface area contributed by atoms with Gasteiger partial charge in [0.2, 0.25) is 10.0 Å². The maximum absolute atomic E-state index is 12.4. The molecule has 2 aromatic rings. The van der Waals surface area contributed by atoms with Gasteiger partial charge in [0, 0.05) is 6.54 Å². The van der Waals surface area contributed by atoms with E-state index in [4.69, 9.17) is 14.7 Å². The summed E-state index contributed by atoms with van der Waals surface area (Å²) >= 11 is 0. The first-order valence-electron chi connectivity index (χ1n) is 7.22. The fourth-order valence-corrected chi connectivity index (χ4v) is 3.53. The summed E-state index contributed by atoms with van der Waals surface area (Å²) in [5.74, 6) is 1.17. The van der Waals surface area contributed by atoms with Crippen molar-refractivity contribution in [3.63, 3.8) is 0 Å². The predicted molar refractivity (Wildman–Crippen MR) is 89.6 cm³/mol. The second-order valence-electron chi connectivity index (χ2n) is 4.91. The molecule has 2 aromatic carbocycles. The molecular weight excluding hydrogens is 328 g/mol. The van der Waals surface area contributed by atoms with E-state index in [1.807, 2.05) is 18.2 Å². The lowest BCUT2D eigenvalue weighted by Crippen LogP contribution is -2.26. The zero-order valence-electron chi connectivity index (χ0n) is 13.4. The highest BCUT2D eigenvalue weighted by atomic mass is 32.2. The molecule has 7 heteroatoms. The molecule has 0 aliphatic heterocycles. The van der Waals surface area contributed by atoms with Crippen molar-refractivity contribution < 1.29 is 17.9 Å². The molecule has 0 saturated heterocycles. The molecule has 24 heavy (non-hydrogen) atoms. The number of para-hydroxylation sites is 1. The Kier molecular flexibility index (Phi) is 5.79. The molecule has 0 bridgehead atoms. The Labute approximate surface area is 141 Å². The average molecular weight is 346 g/mol. The van der Waals surface area contributed by atoms with Crippen LogP contribution in [0.3, 0.4) is 0 Å². The van der Waals surface area contributed by atoms with Crippen LogP contribution in [0.4, 0.5) is 0 Å². The highest BCUT2D eigenvalue weighted by Gasteiger charge is 2.18. The van der Waals surface area contributed by atoms with Crippen LogP contribution in [0.1, 0.15) is 11.1 Å². The fourth-order valence-electron chi connectivity index (χ4n) is 2.34. The van der Waals surface area contributed by atoms with E-state index in [9.17, 15) is 8.42 Å². The van der Waals surface area contributed by atoms with Crippen molar-refractivity contribution in [1.82, 2.24) is 4.72 Å². The van der Waals surface area contributed by atoms with Gasteiger partial charge in [-0.3, -0.25) is 0 Å². The second kappa shape index (κ2) is 7.81. The van der Waals surface area contributed by atoms with Crippen molar-refractivity contribution in [3.8, 4) is 17.6 Å². The lowest BCUT2D eigenvalue weighted by atomic mass is 10.1. The summed E-state index contributed by atoms with van der Waals surface area (Å²) in [6.45, 7) is 0.172. The summed E-state index contributed by atoms with van der Waals surface area (Å²) in [6.07, 6.45) is 0.425. The molecule has 0 radical (unpaired) electrons. The third-order valence-corrected chi connectivity index (χ3v) is 4.99. The first kappa shape index (κ1) is 17.8. The van der Waals surface area contributed by atoms with E-state index in [1.165, 1.54) is 19.2 Å². The van der Waals surface area contributed by atoms with Gasteiger partial charge in [0.1, 0.15) is 6.07 Å². The van der Waals surface area contributed by atoms with E-state index in [-0.39, 0.29) is 17.0 Å². The van der Waals surface area contributed by atoms with E-state index in [0.717, 1.165) is 5.56 Å². The van der Waals surface area contributed by atoms with Crippen molar-refractivity contribution in [2.45, 2.75) is 11.3 Å². The molecule has 0 amide bonds. The predicted octanol–water partition coefficient (Wildman–Crippen LogP) is 2.10. The van der Waals surface area contributed by atoms with Crippen LogP contribution in [0.2, 0.25) is 0 Å². The number of benzene rings is 2. The molecule has 0 heterocycles. The molecule has 0 aromatic heterocycles.